The van der Waals surface area contributed by atoms with E-state index in [-0.39, 0.29) is 11.3 Å². The van der Waals surface area contributed by atoms with Gasteiger partial charge in [-0.05, 0) is 35.8 Å². The van der Waals surface area contributed by atoms with Gasteiger partial charge in [-0.25, -0.2) is 0 Å². The molecule has 0 spiro atoms. The molecule has 2 rings (SSSR count). The Balaban J connectivity index is 2.06. The van der Waals surface area contributed by atoms with Gasteiger partial charge in [-0.3, -0.25) is 4.79 Å². The third kappa shape index (κ3) is 3.57. The summed E-state index contributed by atoms with van der Waals surface area (Å²) < 4.78 is 0. The molecule has 1 saturated carbocycles. The number of rotatable bonds is 4. The molecule has 3 nitrogen and oxygen atoms in total. The quantitative estimate of drug-likeness (QED) is 0.875. The molecule has 19 heavy (non-hydrogen) atoms. The van der Waals surface area contributed by atoms with E-state index in [0.29, 0.717) is 18.0 Å². The van der Waals surface area contributed by atoms with E-state index in [0.717, 1.165) is 18.4 Å². The van der Waals surface area contributed by atoms with Gasteiger partial charge in [-0.15, -0.1) is 0 Å². The first-order valence-electron chi connectivity index (χ1n) is 6.95. The fraction of sp³-hybridized carbons (Fsp3) is 0.562. The summed E-state index contributed by atoms with van der Waals surface area (Å²) in [5.74, 6) is 0.295. The highest BCUT2D eigenvalue weighted by Crippen LogP contribution is 2.32. The van der Waals surface area contributed by atoms with Crippen LogP contribution in [-0.4, -0.2) is 23.7 Å². The molecule has 1 fully saturated rings. The number of aliphatic hydroxyl groups excluding tert-OH is 1. The van der Waals surface area contributed by atoms with E-state index in [2.05, 4.69) is 26.1 Å². The van der Waals surface area contributed by atoms with Gasteiger partial charge in [0.05, 0.1) is 6.10 Å². The second-order valence-electron chi connectivity index (χ2n) is 6.41. The van der Waals surface area contributed by atoms with E-state index in [1.165, 1.54) is 0 Å². The molecule has 0 saturated heterocycles. The van der Waals surface area contributed by atoms with Crippen LogP contribution in [-0.2, 0) is 5.41 Å². The Labute approximate surface area is 115 Å². The van der Waals surface area contributed by atoms with E-state index < -0.39 is 6.10 Å². The van der Waals surface area contributed by atoms with Crippen molar-refractivity contribution in [1.29, 1.82) is 0 Å². The molecule has 0 radical (unpaired) electrons. The molecule has 1 aliphatic rings. The molecule has 0 bridgehead atoms. The standard InChI is InChI=1S/C16H23NO2/c1-16(2,3)13-7-5-4-6-12(13)15(19)17-10-14(18)11-8-9-11/h4-7,11,14,18H,8-10H2,1-3H3,(H,17,19). The van der Waals surface area contributed by atoms with E-state index in [1.54, 1.807) is 0 Å². The highest BCUT2D eigenvalue weighted by atomic mass is 16.3. The van der Waals surface area contributed by atoms with Crippen molar-refractivity contribution >= 4 is 5.91 Å². The number of benzene rings is 1. The molecule has 2 N–H and O–H groups in total. The molecule has 0 aliphatic heterocycles. The third-order valence-corrected chi connectivity index (χ3v) is 3.62. The second-order valence-corrected chi connectivity index (χ2v) is 6.41. The van der Waals surface area contributed by atoms with Gasteiger partial charge in [0.15, 0.2) is 0 Å². The molecule has 1 aromatic carbocycles. The van der Waals surface area contributed by atoms with Crippen LogP contribution in [0.15, 0.2) is 24.3 Å². The van der Waals surface area contributed by atoms with Crippen LogP contribution in [0.3, 0.4) is 0 Å². The van der Waals surface area contributed by atoms with Crippen molar-refractivity contribution in [2.45, 2.75) is 45.1 Å². The molecular formula is C16H23NO2. The van der Waals surface area contributed by atoms with Gasteiger partial charge in [0.1, 0.15) is 0 Å². The molecule has 1 aromatic rings. The maximum Gasteiger partial charge on any atom is 0.251 e. The fourth-order valence-electron chi connectivity index (χ4n) is 2.28. The molecule has 0 heterocycles. The molecule has 1 aliphatic carbocycles. The van der Waals surface area contributed by atoms with Crippen LogP contribution in [0.1, 0.15) is 49.5 Å². The van der Waals surface area contributed by atoms with Crippen molar-refractivity contribution in [3.8, 4) is 0 Å². The van der Waals surface area contributed by atoms with Crippen molar-refractivity contribution in [2.75, 3.05) is 6.54 Å². The summed E-state index contributed by atoms with van der Waals surface area (Å²) in [6, 6.07) is 7.67. The van der Waals surface area contributed by atoms with Gasteiger partial charge in [0, 0.05) is 12.1 Å². The number of nitrogens with one attached hydrogen (secondary N) is 1. The van der Waals surface area contributed by atoms with E-state index in [4.69, 9.17) is 0 Å². The lowest BCUT2D eigenvalue weighted by Gasteiger charge is -2.22. The number of amides is 1. The Morgan fingerprint density at radius 2 is 2.00 bits per heavy atom. The molecule has 1 unspecified atom stereocenters. The molecule has 104 valence electrons. The van der Waals surface area contributed by atoms with Gasteiger partial charge in [-0.2, -0.15) is 0 Å². The highest BCUT2D eigenvalue weighted by molar-refractivity contribution is 5.96. The minimum atomic E-state index is -0.397. The monoisotopic (exact) mass is 261 g/mol. The second kappa shape index (κ2) is 5.33. The van der Waals surface area contributed by atoms with Crippen molar-refractivity contribution < 1.29 is 9.90 Å². The van der Waals surface area contributed by atoms with Crippen LogP contribution in [0.4, 0.5) is 0 Å². The molecule has 1 atom stereocenters. The summed E-state index contributed by atoms with van der Waals surface area (Å²) in [4.78, 5) is 12.2. The van der Waals surface area contributed by atoms with Crippen LogP contribution in [0.2, 0.25) is 0 Å². The predicted octanol–water partition coefficient (Wildman–Crippen LogP) is 2.48. The number of hydrogen-bond acceptors (Lipinski definition) is 2. The van der Waals surface area contributed by atoms with Crippen molar-refractivity contribution in [2.24, 2.45) is 5.92 Å². The minimum Gasteiger partial charge on any atom is -0.391 e. The lowest BCUT2D eigenvalue weighted by atomic mass is 9.83. The summed E-state index contributed by atoms with van der Waals surface area (Å²) in [7, 11) is 0. The smallest absolute Gasteiger partial charge is 0.251 e. The highest BCUT2D eigenvalue weighted by Gasteiger charge is 2.30. The lowest BCUT2D eigenvalue weighted by Crippen LogP contribution is -2.34. The van der Waals surface area contributed by atoms with Gasteiger partial charge in [0.25, 0.3) is 5.91 Å². The van der Waals surface area contributed by atoms with Crippen LogP contribution in [0.25, 0.3) is 0 Å². The Kier molecular flexibility index (Phi) is 3.95. The Hall–Kier alpha value is -1.35. The average molecular weight is 261 g/mol. The first-order valence-corrected chi connectivity index (χ1v) is 6.95. The maximum atomic E-state index is 12.2. The third-order valence-electron chi connectivity index (χ3n) is 3.62. The first kappa shape index (κ1) is 14.1. The molecule has 1 amide bonds. The minimum absolute atomic E-state index is 0.0664. The zero-order valence-corrected chi connectivity index (χ0v) is 11.9. The van der Waals surface area contributed by atoms with Crippen LogP contribution >= 0.6 is 0 Å². The first-order chi connectivity index (χ1) is 8.89. The van der Waals surface area contributed by atoms with Crippen LogP contribution < -0.4 is 5.32 Å². The number of carbonyl (C=O) groups is 1. The summed E-state index contributed by atoms with van der Waals surface area (Å²) in [6.07, 6.45) is 1.76. The molecule has 3 heteroatoms. The summed E-state index contributed by atoms with van der Waals surface area (Å²) in [5, 5.41) is 12.6. The van der Waals surface area contributed by atoms with Crippen molar-refractivity contribution in [1.82, 2.24) is 5.32 Å². The zero-order valence-electron chi connectivity index (χ0n) is 11.9. The predicted molar refractivity (Wildman–Crippen MR) is 76.2 cm³/mol. The van der Waals surface area contributed by atoms with Gasteiger partial charge < -0.3 is 10.4 Å². The fourth-order valence-corrected chi connectivity index (χ4v) is 2.28. The summed E-state index contributed by atoms with van der Waals surface area (Å²) in [5.41, 5.74) is 1.68. The number of carbonyl (C=O) groups excluding carboxylic acids is 1. The summed E-state index contributed by atoms with van der Waals surface area (Å²) >= 11 is 0. The normalized spacial score (nSPS) is 17.1. The largest absolute Gasteiger partial charge is 0.391 e. The van der Waals surface area contributed by atoms with Gasteiger partial charge >= 0.3 is 0 Å². The Morgan fingerprint density at radius 3 is 2.58 bits per heavy atom. The van der Waals surface area contributed by atoms with Crippen LogP contribution in [0, 0.1) is 5.92 Å². The van der Waals surface area contributed by atoms with Crippen LogP contribution in [0.5, 0.6) is 0 Å². The topological polar surface area (TPSA) is 49.3 Å². The van der Waals surface area contributed by atoms with E-state index >= 15 is 0 Å². The van der Waals surface area contributed by atoms with E-state index in [1.807, 2.05) is 24.3 Å². The SMILES string of the molecule is CC(C)(C)c1ccccc1C(=O)NCC(O)C1CC1. The average Bonchev–Trinajstić information content (AvgIpc) is 3.18. The molecule has 0 aromatic heterocycles. The Morgan fingerprint density at radius 1 is 1.37 bits per heavy atom. The Bertz CT molecular complexity index is 458. The van der Waals surface area contributed by atoms with Gasteiger partial charge in [-0.1, -0.05) is 39.0 Å². The lowest BCUT2D eigenvalue weighted by molar-refractivity contribution is 0.0899. The number of aliphatic hydroxyl groups is 1. The maximum absolute atomic E-state index is 12.2. The molecular weight excluding hydrogens is 238 g/mol. The van der Waals surface area contributed by atoms with E-state index in [9.17, 15) is 9.90 Å². The number of hydrogen-bond donors (Lipinski definition) is 2. The van der Waals surface area contributed by atoms with Gasteiger partial charge in [0.2, 0.25) is 0 Å². The summed E-state index contributed by atoms with van der Waals surface area (Å²) in [6.45, 7) is 6.64. The zero-order chi connectivity index (χ0) is 14.0. The van der Waals surface area contributed by atoms with Crippen molar-refractivity contribution in [3.63, 3.8) is 0 Å². The van der Waals surface area contributed by atoms with Crippen molar-refractivity contribution in [3.05, 3.63) is 35.4 Å².